The molecule has 0 aliphatic carbocycles. The minimum absolute atomic E-state index is 0.400. The first-order valence-corrected chi connectivity index (χ1v) is 5.16. The molecule has 0 spiro atoms. The molecule has 0 atom stereocenters. The van der Waals surface area contributed by atoms with E-state index in [1.165, 1.54) is 0 Å². The van der Waals surface area contributed by atoms with Gasteiger partial charge in [0.05, 0.1) is 12.4 Å². The highest BCUT2D eigenvalue weighted by Gasteiger charge is 2.26. The van der Waals surface area contributed by atoms with Crippen molar-refractivity contribution in [2.75, 3.05) is 5.32 Å². The highest BCUT2D eigenvalue weighted by molar-refractivity contribution is 5.85. The number of carbonyl (C=O) groups is 1. The van der Waals surface area contributed by atoms with Crippen LogP contribution in [-0.2, 0) is 0 Å². The largest absolute Gasteiger partial charge is 0.476 e. The maximum atomic E-state index is 13.4. The molecule has 21 heavy (non-hydrogen) atoms. The summed E-state index contributed by atoms with van der Waals surface area (Å²) in [5.74, 6) is -12.5. The lowest BCUT2D eigenvalue weighted by molar-refractivity contribution is 0.0690. The number of carboxylic acids is 1. The van der Waals surface area contributed by atoms with Crippen LogP contribution in [0.2, 0.25) is 0 Å². The minimum atomic E-state index is -2.29. The Labute approximate surface area is 113 Å². The van der Waals surface area contributed by atoms with Crippen LogP contribution in [0.25, 0.3) is 0 Å². The van der Waals surface area contributed by atoms with Crippen LogP contribution in [0.3, 0.4) is 0 Å². The lowest BCUT2D eigenvalue weighted by atomic mass is 10.2. The van der Waals surface area contributed by atoms with Gasteiger partial charge in [-0.3, -0.25) is 0 Å². The first kappa shape index (κ1) is 14.6. The number of rotatable bonds is 3. The van der Waals surface area contributed by atoms with E-state index >= 15 is 0 Å². The SMILES string of the molecule is O=C(O)c1cnc(Nc2c(F)c(F)c(F)c(F)c2F)cn1. The fourth-order valence-electron chi connectivity index (χ4n) is 1.35. The van der Waals surface area contributed by atoms with Crippen LogP contribution < -0.4 is 5.32 Å². The van der Waals surface area contributed by atoms with Crippen LogP contribution in [0.15, 0.2) is 12.4 Å². The average molecular weight is 305 g/mol. The van der Waals surface area contributed by atoms with E-state index in [1.54, 1.807) is 0 Å². The Balaban J connectivity index is 2.42. The van der Waals surface area contributed by atoms with Gasteiger partial charge in [0.2, 0.25) is 5.82 Å². The Morgan fingerprint density at radius 1 is 0.905 bits per heavy atom. The summed E-state index contributed by atoms with van der Waals surface area (Å²) in [5.41, 5.74) is -1.78. The van der Waals surface area contributed by atoms with Gasteiger partial charge >= 0.3 is 5.97 Å². The molecule has 0 saturated heterocycles. The van der Waals surface area contributed by atoms with E-state index in [1.807, 2.05) is 5.32 Å². The molecule has 1 aromatic heterocycles. The van der Waals surface area contributed by atoms with E-state index < -0.39 is 52.3 Å². The Kier molecular flexibility index (Phi) is 3.70. The fourth-order valence-corrected chi connectivity index (χ4v) is 1.35. The molecule has 0 bridgehead atoms. The van der Waals surface area contributed by atoms with E-state index in [0.717, 1.165) is 12.4 Å². The van der Waals surface area contributed by atoms with E-state index in [4.69, 9.17) is 5.11 Å². The second kappa shape index (κ2) is 5.31. The number of carboxylic acid groups (broad SMARTS) is 1. The van der Waals surface area contributed by atoms with Crippen LogP contribution >= 0.6 is 0 Å². The molecule has 0 saturated carbocycles. The van der Waals surface area contributed by atoms with Crippen LogP contribution in [0.4, 0.5) is 33.5 Å². The highest BCUT2D eigenvalue weighted by atomic mass is 19.2. The molecule has 0 radical (unpaired) electrons. The summed E-state index contributed by atoms with van der Waals surface area (Å²) in [6.45, 7) is 0. The Morgan fingerprint density at radius 2 is 1.43 bits per heavy atom. The number of benzene rings is 1. The Hall–Kier alpha value is -2.78. The number of nitrogens with one attached hydrogen (secondary N) is 1. The van der Waals surface area contributed by atoms with E-state index in [2.05, 4.69) is 9.97 Å². The molecule has 2 aromatic rings. The lowest BCUT2D eigenvalue weighted by Gasteiger charge is -2.09. The molecule has 5 nitrogen and oxygen atoms in total. The van der Waals surface area contributed by atoms with Gasteiger partial charge in [0.25, 0.3) is 0 Å². The van der Waals surface area contributed by atoms with Crippen molar-refractivity contribution in [2.24, 2.45) is 0 Å². The number of nitrogens with zero attached hydrogens (tertiary/aromatic N) is 2. The number of aromatic carboxylic acids is 1. The van der Waals surface area contributed by atoms with Crippen molar-refractivity contribution in [3.8, 4) is 0 Å². The monoisotopic (exact) mass is 305 g/mol. The standard InChI is InChI=1S/C11H4F5N3O2/c12-5-6(13)8(15)10(9(16)7(5)14)19-4-2-17-3(1-18-4)11(20)21/h1-2H,(H,18,19)(H,20,21). The van der Waals surface area contributed by atoms with Gasteiger partial charge in [-0.15, -0.1) is 0 Å². The van der Waals surface area contributed by atoms with Crippen LogP contribution in [0, 0.1) is 29.1 Å². The number of aromatic nitrogens is 2. The van der Waals surface area contributed by atoms with E-state index in [0.29, 0.717) is 0 Å². The molecular weight excluding hydrogens is 301 g/mol. The molecule has 2 N–H and O–H groups in total. The Bertz CT molecular complexity index is 692. The average Bonchev–Trinajstić information content (AvgIpc) is 2.48. The van der Waals surface area contributed by atoms with E-state index in [-0.39, 0.29) is 0 Å². The fraction of sp³-hybridized carbons (Fsp3) is 0. The summed E-state index contributed by atoms with van der Waals surface area (Å²) in [6.07, 6.45) is 1.51. The Morgan fingerprint density at radius 3 is 1.86 bits per heavy atom. The van der Waals surface area contributed by atoms with Crippen molar-refractivity contribution in [1.82, 2.24) is 9.97 Å². The topological polar surface area (TPSA) is 75.1 Å². The van der Waals surface area contributed by atoms with Crippen molar-refractivity contribution < 1.29 is 31.9 Å². The summed E-state index contributed by atoms with van der Waals surface area (Å²) in [5, 5.41) is 10.4. The second-order valence-electron chi connectivity index (χ2n) is 3.66. The van der Waals surface area contributed by atoms with E-state index in [9.17, 15) is 26.7 Å². The third-order valence-electron chi connectivity index (χ3n) is 2.33. The molecule has 0 aliphatic rings. The first-order chi connectivity index (χ1) is 9.82. The van der Waals surface area contributed by atoms with Gasteiger partial charge in [-0.1, -0.05) is 0 Å². The predicted molar refractivity (Wildman–Crippen MR) is 58.5 cm³/mol. The number of hydrogen-bond acceptors (Lipinski definition) is 4. The molecule has 0 fully saturated rings. The quantitative estimate of drug-likeness (QED) is 0.518. The summed E-state index contributed by atoms with van der Waals surface area (Å²) >= 11 is 0. The third kappa shape index (κ3) is 2.59. The van der Waals surface area contributed by atoms with Gasteiger partial charge in [0, 0.05) is 0 Å². The maximum Gasteiger partial charge on any atom is 0.356 e. The maximum absolute atomic E-state index is 13.4. The van der Waals surface area contributed by atoms with Crippen LogP contribution in [-0.4, -0.2) is 21.0 Å². The molecule has 110 valence electrons. The zero-order chi connectivity index (χ0) is 15.7. The molecule has 0 amide bonds. The van der Waals surface area contributed by atoms with Gasteiger partial charge < -0.3 is 10.4 Å². The summed E-state index contributed by atoms with van der Waals surface area (Å²) in [4.78, 5) is 17.3. The molecule has 0 aliphatic heterocycles. The number of halogens is 5. The van der Waals surface area contributed by atoms with Crippen molar-refractivity contribution in [1.29, 1.82) is 0 Å². The van der Waals surface area contributed by atoms with Gasteiger partial charge in [-0.2, -0.15) is 0 Å². The summed E-state index contributed by atoms with van der Waals surface area (Å²) in [7, 11) is 0. The third-order valence-corrected chi connectivity index (χ3v) is 2.33. The first-order valence-electron chi connectivity index (χ1n) is 5.16. The minimum Gasteiger partial charge on any atom is -0.476 e. The lowest BCUT2D eigenvalue weighted by Crippen LogP contribution is -2.08. The van der Waals surface area contributed by atoms with Crippen LogP contribution in [0.1, 0.15) is 10.5 Å². The second-order valence-corrected chi connectivity index (χ2v) is 3.66. The van der Waals surface area contributed by atoms with Gasteiger partial charge in [0.15, 0.2) is 29.0 Å². The van der Waals surface area contributed by atoms with Gasteiger partial charge in [0.1, 0.15) is 11.5 Å². The molecule has 10 heteroatoms. The summed E-state index contributed by atoms with van der Waals surface area (Å²) < 4.78 is 65.5. The molecular formula is C11H4F5N3O2. The van der Waals surface area contributed by atoms with Crippen molar-refractivity contribution in [2.45, 2.75) is 0 Å². The molecule has 0 unspecified atom stereocenters. The molecule has 2 rings (SSSR count). The zero-order valence-electron chi connectivity index (χ0n) is 9.79. The zero-order valence-corrected chi connectivity index (χ0v) is 9.79. The number of anilines is 2. The van der Waals surface area contributed by atoms with Crippen molar-refractivity contribution >= 4 is 17.5 Å². The number of hydrogen-bond donors (Lipinski definition) is 2. The molecule has 1 aromatic carbocycles. The predicted octanol–water partition coefficient (Wildman–Crippen LogP) is 2.61. The highest BCUT2D eigenvalue weighted by Crippen LogP contribution is 2.28. The van der Waals surface area contributed by atoms with Gasteiger partial charge in [-0.05, 0) is 0 Å². The van der Waals surface area contributed by atoms with Gasteiger partial charge in [-0.25, -0.2) is 36.7 Å². The smallest absolute Gasteiger partial charge is 0.356 e. The van der Waals surface area contributed by atoms with Crippen molar-refractivity contribution in [3.05, 3.63) is 47.2 Å². The van der Waals surface area contributed by atoms with Crippen LogP contribution in [0.5, 0.6) is 0 Å². The van der Waals surface area contributed by atoms with Crippen molar-refractivity contribution in [3.63, 3.8) is 0 Å². The summed E-state index contributed by atoms with van der Waals surface area (Å²) in [6, 6.07) is 0. The normalized spacial score (nSPS) is 10.5. The molecule has 1 heterocycles.